The summed E-state index contributed by atoms with van der Waals surface area (Å²) in [7, 11) is 0. The lowest BCUT2D eigenvalue weighted by atomic mass is 9.87. The van der Waals surface area contributed by atoms with Gasteiger partial charge in [-0.1, -0.05) is 13.8 Å². The summed E-state index contributed by atoms with van der Waals surface area (Å²) in [4.78, 5) is 0. The molecule has 1 N–H and O–H groups in total. The fraction of sp³-hybridized carbons (Fsp3) is 0.700. The maximum Gasteiger partial charge on any atom is 0.0603 e. The van der Waals surface area contributed by atoms with Gasteiger partial charge >= 0.3 is 0 Å². The number of rotatable bonds is 2. The number of aliphatic hydroxyl groups excluding tert-OH is 1. The average Bonchev–Trinajstić information content (AvgIpc) is 1.84. The van der Waals surface area contributed by atoms with Crippen LogP contribution in [0.25, 0.3) is 0 Å². The van der Waals surface area contributed by atoms with Crippen LogP contribution in [0.15, 0.2) is 17.4 Å². The van der Waals surface area contributed by atoms with Crippen molar-refractivity contribution in [2.45, 2.75) is 40.7 Å². The third kappa shape index (κ3) is 4.02. The van der Waals surface area contributed by atoms with Gasteiger partial charge in [0.1, 0.15) is 0 Å². The van der Waals surface area contributed by atoms with E-state index in [0.717, 1.165) is 5.57 Å². The Labute approximate surface area is 69.4 Å². The SMILES string of the molecule is CC(C)=C=CC(C)(C)C(C)O. The van der Waals surface area contributed by atoms with Crippen molar-refractivity contribution in [1.29, 1.82) is 0 Å². The van der Waals surface area contributed by atoms with E-state index in [4.69, 9.17) is 0 Å². The lowest BCUT2D eigenvalue weighted by molar-refractivity contribution is 0.0997. The first-order valence-electron chi connectivity index (χ1n) is 3.95. The summed E-state index contributed by atoms with van der Waals surface area (Å²) in [6.45, 7) is 9.77. The second-order valence-corrected chi connectivity index (χ2v) is 3.79. The first-order valence-corrected chi connectivity index (χ1v) is 3.95. The van der Waals surface area contributed by atoms with E-state index in [-0.39, 0.29) is 11.5 Å². The van der Waals surface area contributed by atoms with Crippen molar-refractivity contribution < 1.29 is 5.11 Å². The predicted octanol–water partition coefficient (Wildman–Crippen LogP) is 2.51. The van der Waals surface area contributed by atoms with E-state index in [0.29, 0.717) is 0 Å². The Bertz CT molecular complexity index is 177. The van der Waals surface area contributed by atoms with E-state index in [9.17, 15) is 5.11 Å². The lowest BCUT2D eigenvalue weighted by Gasteiger charge is -2.22. The zero-order chi connectivity index (χ0) is 9.07. The summed E-state index contributed by atoms with van der Waals surface area (Å²) < 4.78 is 0. The third-order valence-corrected chi connectivity index (χ3v) is 1.81. The van der Waals surface area contributed by atoms with Crippen molar-refractivity contribution in [3.8, 4) is 0 Å². The van der Waals surface area contributed by atoms with Crippen LogP contribution in [0.2, 0.25) is 0 Å². The van der Waals surface area contributed by atoms with Crippen molar-refractivity contribution in [1.82, 2.24) is 0 Å². The fourth-order valence-corrected chi connectivity index (χ4v) is 0.451. The molecule has 0 heterocycles. The molecule has 0 rings (SSSR count). The second kappa shape index (κ2) is 3.75. The van der Waals surface area contributed by atoms with Gasteiger partial charge in [-0.05, 0) is 32.4 Å². The van der Waals surface area contributed by atoms with Gasteiger partial charge in [-0.25, -0.2) is 0 Å². The molecule has 1 heteroatoms. The molecule has 0 radical (unpaired) electrons. The van der Waals surface area contributed by atoms with Crippen molar-refractivity contribution in [3.63, 3.8) is 0 Å². The molecule has 0 spiro atoms. The molecule has 0 aromatic carbocycles. The van der Waals surface area contributed by atoms with Crippen LogP contribution in [0, 0.1) is 5.41 Å². The topological polar surface area (TPSA) is 20.2 Å². The molecule has 64 valence electrons. The van der Waals surface area contributed by atoms with Crippen LogP contribution >= 0.6 is 0 Å². The Balaban J connectivity index is 4.48. The standard InChI is InChI=1S/C10H18O/c1-8(2)6-7-10(4,5)9(3)11/h7,9,11H,1-5H3. The molecular weight excluding hydrogens is 136 g/mol. The van der Waals surface area contributed by atoms with Crippen LogP contribution in [0.1, 0.15) is 34.6 Å². The van der Waals surface area contributed by atoms with Gasteiger partial charge in [0.2, 0.25) is 0 Å². The molecule has 0 aromatic heterocycles. The Morgan fingerprint density at radius 2 is 1.91 bits per heavy atom. The quantitative estimate of drug-likeness (QED) is 0.606. The number of hydrogen-bond donors (Lipinski definition) is 1. The molecule has 0 amide bonds. The van der Waals surface area contributed by atoms with Crippen LogP contribution in [-0.4, -0.2) is 11.2 Å². The monoisotopic (exact) mass is 154 g/mol. The average molecular weight is 154 g/mol. The Morgan fingerprint density at radius 1 is 1.45 bits per heavy atom. The largest absolute Gasteiger partial charge is 0.393 e. The molecule has 0 saturated heterocycles. The molecule has 1 nitrogen and oxygen atoms in total. The molecule has 0 saturated carbocycles. The molecule has 0 bridgehead atoms. The van der Waals surface area contributed by atoms with Crippen molar-refractivity contribution in [3.05, 3.63) is 17.4 Å². The van der Waals surface area contributed by atoms with Crippen molar-refractivity contribution in [2.75, 3.05) is 0 Å². The van der Waals surface area contributed by atoms with Crippen LogP contribution in [0.3, 0.4) is 0 Å². The van der Waals surface area contributed by atoms with Crippen LogP contribution in [0.5, 0.6) is 0 Å². The first kappa shape index (κ1) is 10.5. The number of aliphatic hydroxyl groups is 1. The highest BCUT2D eigenvalue weighted by Gasteiger charge is 2.19. The molecule has 1 atom stereocenters. The van der Waals surface area contributed by atoms with Gasteiger partial charge in [0.25, 0.3) is 0 Å². The van der Waals surface area contributed by atoms with Crippen molar-refractivity contribution in [2.24, 2.45) is 5.41 Å². The predicted molar refractivity (Wildman–Crippen MR) is 48.4 cm³/mol. The highest BCUT2D eigenvalue weighted by molar-refractivity contribution is 5.01. The van der Waals surface area contributed by atoms with Gasteiger partial charge in [-0.15, -0.1) is 5.73 Å². The first-order chi connectivity index (χ1) is 4.86. The summed E-state index contributed by atoms with van der Waals surface area (Å²) in [6, 6.07) is 0. The van der Waals surface area contributed by atoms with E-state index in [2.05, 4.69) is 5.73 Å². The van der Waals surface area contributed by atoms with Gasteiger partial charge in [0.05, 0.1) is 6.10 Å². The number of hydrogen-bond acceptors (Lipinski definition) is 1. The smallest absolute Gasteiger partial charge is 0.0603 e. The molecule has 0 fully saturated rings. The summed E-state index contributed by atoms with van der Waals surface area (Å²) in [5.74, 6) is 0. The van der Waals surface area contributed by atoms with Gasteiger partial charge in [-0.2, -0.15) is 0 Å². The second-order valence-electron chi connectivity index (χ2n) is 3.79. The minimum Gasteiger partial charge on any atom is -0.393 e. The van der Waals surface area contributed by atoms with Crippen molar-refractivity contribution >= 4 is 0 Å². The summed E-state index contributed by atoms with van der Waals surface area (Å²) in [5.41, 5.74) is 4.07. The molecule has 1 unspecified atom stereocenters. The van der Waals surface area contributed by atoms with Gasteiger partial charge < -0.3 is 5.11 Å². The highest BCUT2D eigenvalue weighted by atomic mass is 16.3. The lowest BCUT2D eigenvalue weighted by Crippen LogP contribution is -2.23. The van der Waals surface area contributed by atoms with Crippen LogP contribution in [-0.2, 0) is 0 Å². The van der Waals surface area contributed by atoms with E-state index in [1.54, 1.807) is 6.92 Å². The minimum atomic E-state index is -0.325. The zero-order valence-electron chi connectivity index (χ0n) is 8.10. The Kier molecular flexibility index (Phi) is 3.57. The Hall–Kier alpha value is -0.520. The summed E-state index contributed by atoms with van der Waals surface area (Å²) >= 11 is 0. The zero-order valence-corrected chi connectivity index (χ0v) is 8.10. The molecule has 0 aliphatic carbocycles. The Morgan fingerprint density at radius 3 is 2.18 bits per heavy atom. The van der Waals surface area contributed by atoms with Gasteiger partial charge in [-0.3, -0.25) is 0 Å². The highest BCUT2D eigenvalue weighted by Crippen LogP contribution is 2.21. The molecule has 0 aliphatic heterocycles. The minimum absolute atomic E-state index is 0.169. The third-order valence-electron chi connectivity index (χ3n) is 1.81. The molecule has 0 aromatic rings. The summed E-state index contributed by atoms with van der Waals surface area (Å²) in [6.07, 6.45) is 1.60. The molecular formula is C10H18O. The van der Waals surface area contributed by atoms with Crippen LogP contribution < -0.4 is 0 Å². The van der Waals surface area contributed by atoms with Gasteiger partial charge in [0, 0.05) is 5.41 Å². The van der Waals surface area contributed by atoms with E-state index in [1.807, 2.05) is 33.8 Å². The van der Waals surface area contributed by atoms with Crippen LogP contribution in [0.4, 0.5) is 0 Å². The van der Waals surface area contributed by atoms with E-state index >= 15 is 0 Å². The molecule has 0 aliphatic rings. The van der Waals surface area contributed by atoms with Gasteiger partial charge in [0.15, 0.2) is 0 Å². The van der Waals surface area contributed by atoms with E-state index < -0.39 is 0 Å². The maximum atomic E-state index is 9.31. The maximum absolute atomic E-state index is 9.31. The molecule has 11 heavy (non-hydrogen) atoms. The van der Waals surface area contributed by atoms with E-state index in [1.165, 1.54) is 0 Å². The fourth-order valence-electron chi connectivity index (χ4n) is 0.451. The summed E-state index contributed by atoms with van der Waals surface area (Å²) in [5, 5.41) is 9.31. The normalized spacial score (nSPS) is 13.6.